The highest BCUT2D eigenvalue weighted by Crippen LogP contribution is 2.24. The third-order valence-corrected chi connectivity index (χ3v) is 3.20. The summed E-state index contributed by atoms with van der Waals surface area (Å²) >= 11 is 11.2. The lowest BCUT2D eigenvalue weighted by Gasteiger charge is -2.18. The molecule has 100 valence electrons. The van der Waals surface area contributed by atoms with Crippen molar-refractivity contribution in [2.75, 3.05) is 5.32 Å². The zero-order chi connectivity index (χ0) is 13.8. The predicted molar refractivity (Wildman–Crippen MR) is 82.7 cm³/mol. The lowest BCUT2D eigenvalue weighted by molar-refractivity contribution is 0.561. The maximum Gasteiger partial charge on any atom is 0.107 e. The topological polar surface area (TPSA) is 55.9 Å². The molecule has 6 heteroatoms. The first kappa shape index (κ1) is 13.8. The summed E-state index contributed by atoms with van der Waals surface area (Å²) < 4.78 is 1.86. The highest BCUT2D eigenvalue weighted by atomic mass is 35.5. The number of hydrogen-bond donors (Lipinski definition) is 2. The summed E-state index contributed by atoms with van der Waals surface area (Å²) in [6.45, 7) is 2.81. The predicted octanol–water partition coefficient (Wildman–Crippen LogP) is 2.67. The third kappa shape index (κ3) is 3.45. The highest BCUT2D eigenvalue weighted by Gasteiger charge is 2.12. The number of thiocarbonyl (C=S) groups is 1. The number of aromatic nitrogens is 2. The molecule has 1 aromatic heterocycles. The molecular weight excluding hydrogens is 280 g/mol. The van der Waals surface area contributed by atoms with Crippen molar-refractivity contribution < 1.29 is 0 Å². The first-order valence-corrected chi connectivity index (χ1v) is 6.69. The molecule has 4 nitrogen and oxygen atoms in total. The Bertz CT molecular complexity index is 568. The number of nitrogens with two attached hydrogens (primary N) is 1. The van der Waals surface area contributed by atoms with E-state index in [2.05, 4.69) is 17.3 Å². The van der Waals surface area contributed by atoms with Gasteiger partial charge in [-0.1, -0.05) is 29.9 Å². The van der Waals surface area contributed by atoms with Crippen LogP contribution in [-0.2, 0) is 6.54 Å². The molecule has 2 rings (SSSR count). The molecule has 0 saturated heterocycles. The second-order valence-corrected chi connectivity index (χ2v) is 5.15. The number of rotatable bonds is 5. The van der Waals surface area contributed by atoms with Gasteiger partial charge in [-0.25, -0.2) is 0 Å². The zero-order valence-electron chi connectivity index (χ0n) is 10.5. The first-order chi connectivity index (χ1) is 9.08. The molecule has 0 fully saturated rings. The van der Waals surface area contributed by atoms with Gasteiger partial charge in [0.15, 0.2) is 0 Å². The van der Waals surface area contributed by atoms with Crippen LogP contribution in [0.15, 0.2) is 36.7 Å². The number of nitrogens with one attached hydrogen (secondary N) is 1. The molecule has 0 aliphatic heterocycles. The minimum atomic E-state index is 0.173. The zero-order valence-corrected chi connectivity index (χ0v) is 12.1. The molecule has 1 atom stereocenters. The molecule has 19 heavy (non-hydrogen) atoms. The van der Waals surface area contributed by atoms with Crippen molar-refractivity contribution in [2.45, 2.75) is 19.5 Å². The van der Waals surface area contributed by atoms with Crippen molar-refractivity contribution in [1.82, 2.24) is 9.78 Å². The van der Waals surface area contributed by atoms with Gasteiger partial charge in [-0.05, 0) is 25.1 Å². The van der Waals surface area contributed by atoms with E-state index in [-0.39, 0.29) is 6.04 Å². The molecule has 0 aliphatic carbocycles. The molecule has 1 heterocycles. The molecule has 0 spiro atoms. The van der Waals surface area contributed by atoms with Crippen molar-refractivity contribution in [2.24, 2.45) is 5.73 Å². The van der Waals surface area contributed by atoms with Gasteiger partial charge in [-0.15, -0.1) is 0 Å². The van der Waals surface area contributed by atoms with E-state index < -0.39 is 0 Å². The number of halogens is 1. The minimum absolute atomic E-state index is 0.173. The van der Waals surface area contributed by atoms with Gasteiger partial charge in [-0.3, -0.25) is 4.68 Å². The second kappa shape index (κ2) is 6.04. The summed E-state index contributed by atoms with van der Waals surface area (Å²) in [6.07, 6.45) is 3.68. The molecule has 1 unspecified atom stereocenters. The Hall–Kier alpha value is -1.59. The van der Waals surface area contributed by atoms with Crippen LogP contribution in [0.4, 0.5) is 5.69 Å². The van der Waals surface area contributed by atoms with Gasteiger partial charge in [0, 0.05) is 24.1 Å². The normalized spacial score (nSPS) is 12.1. The van der Waals surface area contributed by atoms with Crippen LogP contribution in [0.3, 0.4) is 0 Å². The number of hydrogen-bond acceptors (Lipinski definition) is 3. The summed E-state index contributed by atoms with van der Waals surface area (Å²) in [5.74, 6) is 0. The number of benzene rings is 1. The van der Waals surface area contributed by atoms with Crippen LogP contribution in [0.1, 0.15) is 12.5 Å². The van der Waals surface area contributed by atoms with Crippen molar-refractivity contribution in [1.29, 1.82) is 0 Å². The molecule has 0 bridgehead atoms. The van der Waals surface area contributed by atoms with Crippen molar-refractivity contribution >= 4 is 34.5 Å². The molecule has 0 amide bonds. The fourth-order valence-corrected chi connectivity index (χ4v) is 2.45. The van der Waals surface area contributed by atoms with E-state index in [0.29, 0.717) is 15.6 Å². The Balaban J connectivity index is 2.14. The largest absolute Gasteiger partial charge is 0.389 e. The van der Waals surface area contributed by atoms with E-state index in [0.717, 1.165) is 12.2 Å². The lowest BCUT2D eigenvalue weighted by atomic mass is 10.1. The maximum atomic E-state index is 6.13. The fourth-order valence-electron chi connectivity index (χ4n) is 1.89. The molecule has 1 aromatic carbocycles. The minimum Gasteiger partial charge on any atom is -0.389 e. The van der Waals surface area contributed by atoms with Crippen LogP contribution >= 0.6 is 23.8 Å². The van der Waals surface area contributed by atoms with Gasteiger partial charge in [0.05, 0.1) is 17.1 Å². The van der Waals surface area contributed by atoms with E-state index in [4.69, 9.17) is 29.6 Å². The van der Waals surface area contributed by atoms with E-state index in [1.165, 1.54) is 0 Å². The average Bonchev–Trinajstić information content (AvgIpc) is 2.81. The molecule has 2 aromatic rings. The van der Waals surface area contributed by atoms with E-state index in [1.807, 2.05) is 29.1 Å². The van der Waals surface area contributed by atoms with Gasteiger partial charge in [-0.2, -0.15) is 5.10 Å². The second-order valence-electron chi connectivity index (χ2n) is 4.30. The Morgan fingerprint density at radius 3 is 2.95 bits per heavy atom. The standard InChI is InChI=1S/C13H15ClN4S/c1-9(8-18-7-3-6-16-18)17-11-5-2-4-10(14)12(11)13(15)19/h2-7,9,17H,8H2,1H3,(H2,15,19). The van der Waals surface area contributed by atoms with E-state index >= 15 is 0 Å². The molecule has 0 aliphatic rings. The van der Waals surface area contributed by atoms with Gasteiger partial charge >= 0.3 is 0 Å². The van der Waals surface area contributed by atoms with Crippen LogP contribution < -0.4 is 11.1 Å². The van der Waals surface area contributed by atoms with Crippen LogP contribution in [-0.4, -0.2) is 20.8 Å². The Morgan fingerprint density at radius 1 is 1.53 bits per heavy atom. The molecular formula is C13H15ClN4S. The summed E-state index contributed by atoms with van der Waals surface area (Å²) in [4.78, 5) is 0.291. The van der Waals surface area contributed by atoms with E-state index in [1.54, 1.807) is 12.3 Å². The first-order valence-electron chi connectivity index (χ1n) is 5.90. The van der Waals surface area contributed by atoms with Crippen LogP contribution in [0.2, 0.25) is 5.02 Å². The van der Waals surface area contributed by atoms with Crippen LogP contribution in [0.25, 0.3) is 0 Å². The van der Waals surface area contributed by atoms with Crippen molar-refractivity contribution in [3.05, 3.63) is 47.2 Å². The maximum absolute atomic E-state index is 6.13. The van der Waals surface area contributed by atoms with E-state index in [9.17, 15) is 0 Å². The van der Waals surface area contributed by atoms with Gasteiger partial charge in [0.1, 0.15) is 4.99 Å². The molecule has 0 saturated carbocycles. The molecule has 0 radical (unpaired) electrons. The average molecular weight is 295 g/mol. The monoisotopic (exact) mass is 294 g/mol. The smallest absolute Gasteiger partial charge is 0.107 e. The van der Waals surface area contributed by atoms with Gasteiger partial charge < -0.3 is 11.1 Å². The Kier molecular flexibility index (Phi) is 4.39. The quantitative estimate of drug-likeness (QED) is 0.833. The lowest BCUT2D eigenvalue weighted by Crippen LogP contribution is -2.24. The van der Waals surface area contributed by atoms with Crippen LogP contribution in [0.5, 0.6) is 0 Å². The Morgan fingerprint density at radius 2 is 2.32 bits per heavy atom. The van der Waals surface area contributed by atoms with Gasteiger partial charge in [0.2, 0.25) is 0 Å². The molecule has 3 N–H and O–H groups in total. The fraction of sp³-hybridized carbons (Fsp3) is 0.231. The summed E-state index contributed by atoms with van der Waals surface area (Å²) in [6, 6.07) is 7.63. The van der Waals surface area contributed by atoms with Crippen LogP contribution in [0, 0.1) is 0 Å². The SMILES string of the molecule is CC(Cn1cccn1)Nc1cccc(Cl)c1C(N)=S. The summed E-state index contributed by atoms with van der Waals surface area (Å²) in [5, 5.41) is 8.09. The van der Waals surface area contributed by atoms with Gasteiger partial charge in [0.25, 0.3) is 0 Å². The number of anilines is 1. The highest BCUT2D eigenvalue weighted by molar-refractivity contribution is 7.80. The van der Waals surface area contributed by atoms with Crippen molar-refractivity contribution in [3.8, 4) is 0 Å². The third-order valence-electron chi connectivity index (χ3n) is 2.68. The summed E-state index contributed by atoms with van der Waals surface area (Å²) in [7, 11) is 0. The van der Waals surface area contributed by atoms with Crippen molar-refractivity contribution in [3.63, 3.8) is 0 Å². The number of nitrogens with zero attached hydrogens (tertiary/aromatic N) is 2. The Labute approximate surface area is 122 Å². The summed E-state index contributed by atoms with van der Waals surface area (Å²) in [5.41, 5.74) is 7.25.